The maximum atomic E-state index is 14.2. The Morgan fingerprint density at radius 2 is 1.12 bits per heavy atom. The molecule has 502 valence electrons. The second-order valence-corrected chi connectivity index (χ2v) is 25.3. The zero-order valence-electron chi connectivity index (χ0n) is 53.7. The third-order valence-corrected chi connectivity index (χ3v) is 18.8. The van der Waals surface area contributed by atoms with Gasteiger partial charge in [0.1, 0.15) is 30.5 Å². The lowest BCUT2D eigenvalue weighted by molar-refractivity contribution is -0.199. The summed E-state index contributed by atoms with van der Waals surface area (Å²) in [5, 5.41) is 21.3. The number of hydrogen-bond donors (Lipinski definition) is 2. The largest absolute Gasteiger partial charge is 0.507 e. The molecule has 2 N–H and O–H groups in total. The summed E-state index contributed by atoms with van der Waals surface area (Å²) >= 11 is 6.37. The number of carboxylic acid groups (broad SMARTS) is 1. The van der Waals surface area contributed by atoms with Gasteiger partial charge in [0, 0.05) is 81.1 Å². The SMILES string of the molecule is C=CCOC(=O)N1c2cc(OCCCCCC(=O)N3C[C@@H](CCl)c4c3cc(O)c3ccccc43)c(C)cc2C(=O)N2CCCC[C@H]2[C@@H]1OC1CCCCO1.C=CCOC(=O)N1c2cc(OCCCCCC(=O)O)c(C)cc2C(=O)N2CCCC[C@H]2[C@@H]1OC1CCCCO1. The van der Waals surface area contributed by atoms with E-state index in [0.29, 0.717) is 144 Å². The maximum Gasteiger partial charge on any atom is 0.416 e. The van der Waals surface area contributed by atoms with Crippen LogP contribution in [0.4, 0.5) is 26.7 Å². The van der Waals surface area contributed by atoms with Gasteiger partial charge in [0.15, 0.2) is 25.0 Å². The van der Waals surface area contributed by atoms with Gasteiger partial charge in [0.05, 0.1) is 53.5 Å². The van der Waals surface area contributed by atoms with Gasteiger partial charge < -0.3 is 62.8 Å². The van der Waals surface area contributed by atoms with E-state index in [2.05, 4.69) is 13.2 Å². The quantitative estimate of drug-likeness (QED) is 0.0399. The van der Waals surface area contributed by atoms with E-state index in [1.165, 1.54) is 22.0 Å². The maximum absolute atomic E-state index is 14.2. The summed E-state index contributed by atoms with van der Waals surface area (Å²) in [7, 11) is 0. The molecule has 7 aliphatic rings. The number of halogens is 1. The van der Waals surface area contributed by atoms with Gasteiger partial charge in [-0.1, -0.05) is 49.6 Å². The van der Waals surface area contributed by atoms with E-state index in [-0.39, 0.29) is 61.1 Å². The number of fused-ring (bicyclic) bond motifs is 7. The number of carboxylic acids is 1. The molecule has 4 aromatic carbocycles. The van der Waals surface area contributed by atoms with Gasteiger partial charge in [0.2, 0.25) is 5.91 Å². The lowest BCUT2D eigenvalue weighted by Gasteiger charge is -2.42. The van der Waals surface area contributed by atoms with Crippen LogP contribution in [0.3, 0.4) is 0 Å². The minimum atomic E-state index is -0.811. The summed E-state index contributed by atoms with van der Waals surface area (Å²) in [6.07, 6.45) is 14.0. The number of aliphatic carboxylic acids is 1. The fraction of sp³-hybridized carbons (Fsp3) is 0.549. The molecule has 93 heavy (non-hydrogen) atoms. The van der Waals surface area contributed by atoms with E-state index in [1.54, 1.807) is 35.2 Å². The van der Waals surface area contributed by atoms with Crippen LogP contribution in [0.25, 0.3) is 10.8 Å². The van der Waals surface area contributed by atoms with Gasteiger partial charge in [-0.05, 0) is 164 Å². The van der Waals surface area contributed by atoms with Gasteiger partial charge in [-0.2, -0.15) is 0 Å². The topological polar surface area (TPSA) is 233 Å². The third-order valence-electron chi connectivity index (χ3n) is 18.5. The summed E-state index contributed by atoms with van der Waals surface area (Å²) in [5.41, 5.74) is 4.87. The van der Waals surface area contributed by atoms with Gasteiger partial charge >= 0.3 is 18.2 Å². The summed E-state index contributed by atoms with van der Waals surface area (Å²) in [6.45, 7) is 14.7. The highest BCUT2D eigenvalue weighted by molar-refractivity contribution is 6.19. The number of unbranched alkanes of at least 4 members (excludes halogenated alkanes) is 4. The predicted octanol–water partition coefficient (Wildman–Crippen LogP) is 13.2. The Hall–Kier alpha value is -7.43. The van der Waals surface area contributed by atoms with Crippen LogP contribution in [0.15, 0.2) is 79.9 Å². The zero-order chi connectivity index (χ0) is 65.5. The molecular formula is C71H90ClN5O16. The van der Waals surface area contributed by atoms with Crippen molar-refractivity contribution in [1.29, 1.82) is 0 Å². The number of piperidine rings is 2. The Bertz CT molecular complexity index is 3330. The monoisotopic (exact) mass is 1300 g/mol. The van der Waals surface area contributed by atoms with Crippen molar-refractivity contribution in [2.45, 2.75) is 185 Å². The number of aromatic hydroxyl groups is 1. The molecule has 0 spiro atoms. The molecule has 11 rings (SSSR count). The number of anilines is 3. The van der Waals surface area contributed by atoms with Crippen molar-refractivity contribution >= 4 is 75.3 Å². The zero-order valence-corrected chi connectivity index (χ0v) is 54.5. The number of amides is 5. The molecule has 21 nitrogen and oxygen atoms in total. The number of rotatable bonds is 23. The van der Waals surface area contributed by atoms with Crippen LogP contribution in [0.2, 0.25) is 0 Å². The Kier molecular flexibility index (Phi) is 24.0. The van der Waals surface area contributed by atoms with Crippen LogP contribution in [-0.4, -0.2) is 158 Å². The molecule has 2 unspecified atom stereocenters. The molecule has 7 aliphatic heterocycles. The Balaban J connectivity index is 0.000000215. The van der Waals surface area contributed by atoms with Crippen molar-refractivity contribution in [2.24, 2.45) is 0 Å². The predicted molar refractivity (Wildman–Crippen MR) is 352 cm³/mol. The summed E-state index contributed by atoms with van der Waals surface area (Å²) in [5.74, 6) is 0.539. The second kappa shape index (κ2) is 32.6. The first-order chi connectivity index (χ1) is 45.2. The van der Waals surface area contributed by atoms with E-state index >= 15 is 0 Å². The smallest absolute Gasteiger partial charge is 0.416 e. The summed E-state index contributed by atoms with van der Waals surface area (Å²) < 4.78 is 48.5. The van der Waals surface area contributed by atoms with Crippen molar-refractivity contribution in [3.63, 3.8) is 0 Å². The number of phenolic OH excluding ortho intramolecular Hbond substituents is 1. The average molecular weight is 1300 g/mol. The molecular weight excluding hydrogens is 1210 g/mol. The van der Waals surface area contributed by atoms with Crippen molar-refractivity contribution in [1.82, 2.24) is 9.80 Å². The lowest BCUT2D eigenvalue weighted by Crippen LogP contribution is -2.57. The molecule has 7 heterocycles. The lowest BCUT2D eigenvalue weighted by atomic mass is 9.95. The van der Waals surface area contributed by atoms with E-state index in [4.69, 9.17) is 54.6 Å². The third kappa shape index (κ3) is 16.0. The molecule has 4 aromatic rings. The highest BCUT2D eigenvalue weighted by atomic mass is 35.5. The van der Waals surface area contributed by atoms with Crippen molar-refractivity contribution in [3.05, 3.63) is 108 Å². The first-order valence-corrected chi connectivity index (χ1v) is 33.9. The standard InChI is InChI=1S/C42H50ClN3O8.C29H40N2O8/c1-3-19-53-42(50)46-33-24-36(27(2)22-31(33)40(49)44-18-10-8-15-32(44)41(46)54-38-17-9-12-21-52-38)51-20-11-4-5-16-37(48)45-26-28(25-43)39-30-14-7-6-13-29(30)35(47)23-34(39)45;1-3-15-38-29(35)31-23-19-24(36-16-9-4-5-12-25(32)33)20(2)18-21(23)27(34)30-14-8-6-11-22(30)28(31)39-26-13-7-10-17-37-26/h3,6-7,13-14,22-24,28,32,38,41,47H,1,4-5,8-12,15-21,25-26H2,2H3;3,18-19,22,26,28H,1,4-17H2,2H3,(H,32,33)/t28-,32+,38?,41+;22-,26?,28-/m10/s1. The fourth-order valence-electron chi connectivity index (χ4n) is 13.8. The molecule has 0 saturated carbocycles. The van der Waals surface area contributed by atoms with Crippen molar-refractivity contribution in [2.75, 3.05) is 79.9 Å². The second-order valence-electron chi connectivity index (χ2n) is 25.0. The number of hydrogen-bond acceptors (Lipinski definition) is 15. The van der Waals surface area contributed by atoms with Gasteiger partial charge in [-0.25, -0.2) is 19.4 Å². The van der Waals surface area contributed by atoms with Crippen LogP contribution in [-0.2, 0) is 38.0 Å². The molecule has 7 atom stereocenters. The van der Waals surface area contributed by atoms with Gasteiger partial charge in [-0.3, -0.25) is 19.2 Å². The van der Waals surface area contributed by atoms with Gasteiger partial charge in [-0.15, -0.1) is 11.6 Å². The molecule has 0 aliphatic carbocycles. The number of nitrogens with zero attached hydrogens (tertiary/aromatic N) is 5. The van der Waals surface area contributed by atoms with E-state index in [9.17, 15) is 33.9 Å². The Morgan fingerprint density at radius 3 is 1.59 bits per heavy atom. The van der Waals surface area contributed by atoms with E-state index in [0.717, 1.165) is 97.4 Å². The fourth-order valence-corrected chi connectivity index (χ4v) is 14.1. The first-order valence-electron chi connectivity index (χ1n) is 33.4. The van der Waals surface area contributed by atoms with E-state index in [1.807, 2.05) is 47.9 Å². The molecule has 22 heteroatoms. The Labute approximate surface area is 549 Å². The number of phenols is 1. The molecule has 0 aromatic heterocycles. The number of aryl methyl sites for hydroxylation is 2. The molecule has 0 radical (unpaired) electrons. The Morgan fingerprint density at radius 1 is 0.624 bits per heavy atom. The van der Waals surface area contributed by atoms with Crippen LogP contribution in [0, 0.1) is 13.8 Å². The molecule has 5 amide bonds. The minimum absolute atomic E-state index is 0.000804. The number of benzene rings is 4. The molecule has 4 saturated heterocycles. The number of carbonyl (C=O) groups excluding carboxylic acids is 5. The van der Waals surface area contributed by atoms with Crippen molar-refractivity contribution in [3.8, 4) is 17.2 Å². The van der Waals surface area contributed by atoms with Gasteiger partial charge in [0.25, 0.3) is 11.8 Å². The highest BCUT2D eigenvalue weighted by Gasteiger charge is 2.49. The van der Waals surface area contributed by atoms with E-state index < -0.39 is 43.2 Å². The summed E-state index contributed by atoms with van der Waals surface area (Å²) in [6, 6.07) is 15.7. The van der Waals surface area contributed by atoms with Crippen LogP contribution >= 0.6 is 11.6 Å². The average Bonchev–Trinajstić information content (AvgIpc) is 1.65. The van der Waals surface area contributed by atoms with Crippen LogP contribution in [0.5, 0.6) is 17.2 Å². The normalized spacial score (nSPS) is 22.6. The van der Waals surface area contributed by atoms with Crippen LogP contribution in [0.1, 0.15) is 172 Å². The molecule has 0 bridgehead atoms. The van der Waals surface area contributed by atoms with Crippen molar-refractivity contribution < 1.29 is 76.9 Å². The highest BCUT2D eigenvalue weighted by Crippen LogP contribution is 2.47. The first kappa shape index (κ1) is 68.4. The minimum Gasteiger partial charge on any atom is -0.507 e. The van der Waals surface area contributed by atoms with Crippen LogP contribution < -0.4 is 24.2 Å². The number of ether oxygens (including phenoxy) is 8. The number of carbonyl (C=O) groups is 6. The summed E-state index contributed by atoms with van der Waals surface area (Å²) in [4.78, 5) is 88.2. The number of alkyl halides is 1. The molecule has 4 fully saturated rings.